The molecule has 0 spiro atoms. The molecule has 0 aliphatic rings. The lowest BCUT2D eigenvalue weighted by atomic mass is 10.1. The summed E-state index contributed by atoms with van der Waals surface area (Å²) in [6.45, 7) is 4.03. The van der Waals surface area contributed by atoms with E-state index in [1.807, 2.05) is 54.9 Å². The minimum Gasteiger partial charge on any atom is -0.497 e. The topological polar surface area (TPSA) is 39.4 Å². The fraction of sp³-hybridized carbons (Fsp3) is 0.200. The Labute approximate surface area is 111 Å². The van der Waals surface area contributed by atoms with Crippen LogP contribution in [0, 0.1) is 13.8 Å². The van der Waals surface area contributed by atoms with Crippen LogP contribution in [0.2, 0.25) is 0 Å². The molecule has 0 saturated heterocycles. The Morgan fingerprint density at radius 2 is 1.84 bits per heavy atom. The number of aromatic nitrogens is 3. The lowest BCUT2D eigenvalue weighted by Crippen LogP contribution is -1.97. The third-order valence-corrected chi connectivity index (χ3v) is 3.18. The molecular formula is C15H15N3O. The van der Waals surface area contributed by atoms with Crippen LogP contribution in [0.15, 0.2) is 36.5 Å². The molecule has 4 nitrogen and oxygen atoms in total. The van der Waals surface area contributed by atoms with E-state index in [4.69, 9.17) is 4.74 Å². The Kier molecular flexibility index (Phi) is 2.71. The molecule has 2 aromatic heterocycles. The maximum absolute atomic E-state index is 5.18. The van der Waals surface area contributed by atoms with Gasteiger partial charge in [-0.2, -0.15) is 5.10 Å². The Bertz CT molecular complexity index is 729. The maximum Gasteiger partial charge on any atom is 0.163 e. The Hall–Kier alpha value is -2.36. The molecule has 1 aromatic carbocycles. The van der Waals surface area contributed by atoms with Gasteiger partial charge in [0.1, 0.15) is 5.75 Å². The van der Waals surface area contributed by atoms with Gasteiger partial charge in [-0.3, -0.25) is 0 Å². The van der Waals surface area contributed by atoms with E-state index in [-0.39, 0.29) is 0 Å². The van der Waals surface area contributed by atoms with Gasteiger partial charge in [-0.25, -0.2) is 9.50 Å². The first-order valence-corrected chi connectivity index (χ1v) is 6.15. The number of fused-ring (bicyclic) bond motifs is 1. The molecule has 0 aliphatic carbocycles. The van der Waals surface area contributed by atoms with E-state index in [2.05, 4.69) is 10.1 Å². The quantitative estimate of drug-likeness (QED) is 0.704. The number of benzene rings is 1. The molecule has 0 amide bonds. The van der Waals surface area contributed by atoms with Crippen LogP contribution in [0.1, 0.15) is 11.4 Å². The van der Waals surface area contributed by atoms with Crippen molar-refractivity contribution in [1.29, 1.82) is 0 Å². The predicted molar refractivity (Wildman–Crippen MR) is 74.4 cm³/mol. The third kappa shape index (κ3) is 1.95. The van der Waals surface area contributed by atoms with Crippen molar-refractivity contribution in [2.75, 3.05) is 7.11 Å². The molecule has 0 bridgehead atoms. The summed E-state index contributed by atoms with van der Waals surface area (Å²) in [4.78, 5) is 4.58. The second-order valence-electron chi connectivity index (χ2n) is 4.56. The summed E-state index contributed by atoms with van der Waals surface area (Å²) in [6, 6.07) is 9.96. The van der Waals surface area contributed by atoms with Gasteiger partial charge in [0, 0.05) is 17.0 Å². The second kappa shape index (κ2) is 4.39. The number of hydrogen-bond acceptors (Lipinski definition) is 3. The van der Waals surface area contributed by atoms with Crippen LogP contribution >= 0.6 is 0 Å². The van der Waals surface area contributed by atoms with E-state index in [1.165, 1.54) is 0 Å². The van der Waals surface area contributed by atoms with Gasteiger partial charge in [0.2, 0.25) is 0 Å². The molecule has 4 heteroatoms. The van der Waals surface area contributed by atoms with Gasteiger partial charge in [-0.15, -0.1) is 0 Å². The molecule has 0 saturated carbocycles. The van der Waals surface area contributed by atoms with E-state index < -0.39 is 0 Å². The van der Waals surface area contributed by atoms with Crippen molar-refractivity contribution in [2.24, 2.45) is 0 Å². The highest BCUT2D eigenvalue weighted by atomic mass is 16.5. The zero-order valence-electron chi connectivity index (χ0n) is 11.2. The number of aryl methyl sites for hydroxylation is 2. The van der Waals surface area contributed by atoms with E-state index in [1.54, 1.807) is 7.11 Å². The third-order valence-electron chi connectivity index (χ3n) is 3.18. The molecule has 2 heterocycles. The number of hydrogen-bond donors (Lipinski definition) is 0. The van der Waals surface area contributed by atoms with Crippen molar-refractivity contribution in [3.63, 3.8) is 0 Å². The zero-order chi connectivity index (χ0) is 13.4. The lowest BCUT2D eigenvalue weighted by Gasteiger charge is -2.04. The molecule has 3 rings (SSSR count). The monoisotopic (exact) mass is 253 g/mol. The lowest BCUT2D eigenvalue weighted by molar-refractivity contribution is 0.415. The molecule has 3 aromatic rings. The molecule has 0 unspecified atom stereocenters. The largest absolute Gasteiger partial charge is 0.497 e. The van der Waals surface area contributed by atoms with Crippen LogP contribution in [-0.2, 0) is 0 Å². The maximum atomic E-state index is 5.18. The summed E-state index contributed by atoms with van der Waals surface area (Å²) < 4.78 is 7.04. The zero-order valence-corrected chi connectivity index (χ0v) is 11.2. The highest BCUT2D eigenvalue weighted by Gasteiger charge is 2.10. The van der Waals surface area contributed by atoms with Gasteiger partial charge in [0.25, 0.3) is 0 Å². The first-order chi connectivity index (χ1) is 9.19. The molecular weight excluding hydrogens is 238 g/mol. The van der Waals surface area contributed by atoms with Crippen LogP contribution in [0.4, 0.5) is 0 Å². The number of methoxy groups -OCH3 is 1. The van der Waals surface area contributed by atoms with Crippen LogP contribution in [0.3, 0.4) is 0 Å². The first kappa shape index (κ1) is 11.7. The normalized spacial score (nSPS) is 10.9. The summed E-state index contributed by atoms with van der Waals surface area (Å²) in [5.74, 6) is 0.848. The highest BCUT2D eigenvalue weighted by Crippen LogP contribution is 2.26. The Morgan fingerprint density at radius 1 is 1.11 bits per heavy atom. The van der Waals surface area contributed by atoms with Gasteiger partial charge < -0.3 is 4.74 Å². The summed E-state index contributed by atoms with van der Waals surface area (Å²) >= 11 is 0. The van der Waals surface area contributed by atoms with E-state index in [0.29, 0.717) is 0 Å². The average Bonchev–Trinajstić information content (AvgIpc) is 2.83. The summed E-state index contributed by atoms with van der Waals surface area (Å²) in [7, 11) is 1.67. The molecule has 0 atom stereocenters. The van der Waals surface area contributed by atoms with Gasteiger partial charge in [-0.05, 0) is 37.6 Å². The Balaban J connectivity index is 2.19. The molecule has 0 N–H and O–H groups in total. The smallest absolute Gasteiger partial charge is 0.163 e. The Morgan fingerprint density at radius 3 is 2.53 bits per heavy atom. The van der Waals surface area contributed by atoms with Crippen molar-refractivity contribution >= 4 is 5.65 Å². The summed E-state index contributed by atoms with van der Waals surface area (Å²) in [5.41, 5.74) is 5.10. The van der Waals surface area contributed by atoms with Crippen LogP contribution in [-0.4, -0.2) is 21.7 Å². The average molecular weight is 253 g/mol. The van der Waals surface area contributed by atoms with Crippen molar-refractivity contribution < 1.29 is 4.74 Å². The van der Waals surface area contributed by atoms with Crippen molar-refractivity contribution in [3.8, 4) is 16.9 Å². The molecule has 0 fully saturated rings. The highest BCUT2D eigenvalue weighted by molar-refractivity contribution is 5.77. The van der Waals surface area contributed by atoms with Crippen LogP contribution in [0.25, 0.3) is 16.8 Å². The molecule has 19 heavy (non-hydrogen) atoms. The van der Waals surface area contributed by atoms with E-state index in [9.17, 15) is 0 Å². The first-order valence-electron chi connectivity index (χ1n) is 6.15. The van der Waals surface area contributed by atoms with Gasteiger partial charge in [0.05, 0.1) is 13.3 Å². The fourth-order valence-electron chi connectivity index (χ4n) is 2.24. The number of nitrogens with zero attached hydrogens (tertiary/aromatic N) is 3. The second-order valence-corrected chi connectivity index (χ2v) is 4.56. The molecule has 0 radical (unpaired) electrons. The summed E-state index contributed by atoms with van der Waals surface area (Å²) in [6.07, 6.45) is 1.86. The van der Waals surface area contributed by atoms with Crippen molar-refractivity contribution in [3.05, 3.63) is 47.9 Å². The standard InChI is InChI=1S/C15H15N3O/c1-10-8-11(2)18-15(17-10)14(9-16-18)12-4-6-13(19-3)7-5-12/h4-9H,1-3H3. The van der Waals surface area contributed by atoms with Crippen LogP contribution < -0.4 is 4.74 Å². The van der Waals surface area contributed by atoms with Gasteiger partial charge in [-0.1, -0.05) is 12.1 Å². The van der Waals surface area contributed by atoms with Gasteiger partial charge >= 0.3 is 0 Å². The van der Waals surface area contributed by atoms with Crippen molar-refractivity contribution in [2.45, 2.75) is 13.8 Å². The minimum absolute atomic E-state index is 0.848. The SMILES string of the molecule is COc1ccc(-c2cnn3c(C)cc(C)nc23)cc1. The van der Waals surface area contributed by atoms with Crippen LogP contribution in [0.5, 0.6) is 5.75 Å². The molecule has 96 valence electrons. The number of ether oxygens (including phenoxy) is 1. The van der Waals surface area contributed by atoms with E-state index in [0.717, 1.165) is 33.9 Å². The van der Waals surface area contributed by atoms with Gasteiger partial charge in [0.15, 0.2) is 5.65 Å². The summed E-state index contributed by atoms with van der Waals surface area (Å²) in [5, 5.41) is 4.40. The number of rotatable bonds is 2. The van der Waals surface area contributed by atoms with Crippen molar-refractivity contribution in [1.82, 2.24) is 14.6 Å². The molecule has 0 aliphatic heterocycles. The fourth-order valence-corrected chi connectivity index (χ4v) is 2.24. The predicted octanol–water partition coefficient (Wildman–Crippen LogP) is 3.02. The van der Waals surface area contributed by atoms with E-state index >= 15 is 0 Å². The minimum atomic E-state index is 0.848.